The second kappa shape index (κ2) is 5.01. The van der Waals surface area contributed by atoms with Crippen molar-refractivity contribution in [2.24, 2.45) is 11.8 Å². The third kappa shape index (κ3) is 1.62. The number of hydrogen-bond donors (Lipinski definition) is 0. The molecule has 24 heavy (non-hydrogen) atoms. The summed E-state index contributed by atoms with van der Waals surface area (Å²) in [7, 11) is 1.76. The van der Waals surface area contributed by atoms with Crippen molar-refractivity contribution in [3.05, 3.63) is 35.9 Å². The maximum atomic E-state index is 6.64. The number of benzene rings is 1. The van der Waals surface area contributed by atoms with E-state index in [-0.39, 0.29) is 5.41 Å². The van der Waals surface area contributed by atoms with Crippen LogP contribution in [-0.4, -0.2) is 37.2 Å². The smallest absolute Gasteiger partial charge is 0.165 e. The molecule has 0 N–H and O–H groups in total. The number of hydrogen-bond acceptors (Lipinski definition) is 3. The fourth-order valence-electron chi connectivity index (χ4n) is 6.43. The van der Waals surface area contributed by atoms with E-state index in [0.29, 0.717) is 24.0 Å². The predicted octanol–water partition coefficient (Wildman–Crippen LogP) is 3.56. The topological polar surface area (TPSA) is 21.7 Å². The largest absolute Gasteiger partial charge is 0.493 e. The van der Waals surface area contributed by atoms with Crippen LogP contribution in [0.5, 0.6) is 11.5 Å². The van der Waals surface area contributed by atoms with E-state index in [1.54, 1.807) is 7.11 Å². The molecule has 2 fully saturated rings. The molecule has 0 amide bonds. The third-order valence-corrected chi connectivity index (χ3v) is 7.30. The van der Waals surface area contributed by atoms with E-state index in [2.05, 4.69) is 36.6 Å². The molecule has 1 aromatic carbocycles. The highest BCUT2D eigenvalue weighted by atomic mass is 16.5. The summed E-state index contributed by atoms with van der Waals surface area (Å²) in [5.41, 5.74) is 3.23. The van der Waals surface area contributed by atoms with Crippen LogP contribution >= 0.6 is 0 Å². The van der Waals surface area contributed by atoms with Crippen molar-refractivity contribution in [3.8, 4) is 11.5 Å². The number of piperidine rings is 1. The molecule has 2 bridgehead atoms. The van der Waals surface area contributed by atoms with Gasteiger partial charge in [0.05, 0.1) is 7.11 Å². The zero-order valence-electron chi connectivity index (χ0n) is 14.8. The molecule has 4 unspecified atom stereocenters. The number of likely N-dealkylation sites (tertiary alicyclic amines) is 1. The summed E-state index contributed by atoms with van der Waals surface area (Å²) in [6.07, 6.45) is 7.37. The third-order valence-electron chi connectivity index (χ3n) is 7.30. The van der Waals surface area contributed by atoms with Crippen molar-refractivity contribution in [1.29, 1.82) is 0 Å². The van der Waals surface area contributed by atoms with Gasteiger partial charge < -0.3 is 9.47 Å². The molecular formula is C21H27NO2. The number of nitrogens with zero attached hydrogens (tertiary/aromatic N) is 1. The number of ether oxygens (including phenoxy) is 2. The van der Waals surface area contributed by atoms with Crippen LogP contribution in [0.4, 0.5) is 0 Å². The van der Waals surface area contributed by atoms with E-state index in [0.717, 1.165) is 31.0 Å². The molecule has 1 saturated carbocycles. The Hall–Kier alpha value is -1.48. The molecule has 0 aromatic heterocycles. The van der Waals surface area contributed by atoms with Crippen LogP contribution in [0.1, 0.15) is 37.3 Å². The fraction of sp³-hybridized carbons (Fsp3) is 0.619. The minimum Gasteiger partial charge on any atom is -0.493 e. The standard InChI is InChI=1S/C21H27NO2/c1-4-10-22-11-9-21-15-7-5-13(2)20(21)24-19-17(23-3)8-6-14(18(19)21)12-16(15)22/h4,6,8,13,15-16,20H,1,5,7,9-12H2,2-3H3/t13?,15?,16?,20?,21-/m1/s1. The summed E-state index contributed by atoms with van der Waals surface area (Å²) in [5, 5.41) is 0. The van der Waals surface area contributed by atoms with Gasteiger partial charge in [0.1, 0.15) is 6.10 Å². The Labute approximate surface area is 144 Å². The Balaban J connectivity index is 1.72. The lowest BCUT2D eigenvalue weighted by Gasteiger charge is -2.59. The summed E-state index contributed by atoms with van der Waals surface area (Å²) >= 11 is 0. The minimum absolute atomic E-state index is 0.220. The lowest BCUT2D eigenvalue weighted by atomic mass is 9.50. The summed E-state index contributed by atoms with van der Waals surface area (Å²) < 4.78 is 12.3. The first-order valence-electron chi connectivity index (χ1n) is 9.42. The van der Waals surface area contributed by atoms with Gasteiger partial charge in [0.2, 0.25) is 0 Å². The van der Waals surface area contributed by atoms with E-state index < -0.39 is 0 Å². The van der Waals surface area contributed by atoms with Gasteiger partial charge in [-0.3, -0.25) is 4.90 Å². The fourth-order valence-corrected chi connectivity index (χ4v) is 6.43. The first-order chi connectivity index (χ1) is 11.7. The first-order valence-corrected chi connectivity index (χ1v) is 9.42. The van der Waals surface area contributed by atoms with Crippen LogP contribution in [0.15, 0.2) is 24.8 Å². The lowest BCUT2D eigenvalue weighted by Crippen LogP contribution is -2.65. The van der Waals surface area contributed by atoms with Crippen molar-refractivity contribution in [2.75, 3.05) is 20.2 Å². The molecule has 2 aliphatic heterocycles. The monoisotopic (exact) mass is 325 g/mol. The Bertz CT molecular complexity index is 699. The van der Waals surface area contributed by atoms with E-state index in [1.165, 1.54) is 30.4 Å². The van der Waals surface area contributed by atoms with E-state index in [1.807, 2.05) is 0 Å². The van der Waals surface area contributed by atoms with Gasteiger partial charge in [-0.1, -0.05) is 19.1 Å². The molecule has 3 heteroatoms. The zero-order valence-corrected chi connectivity index (χ0v) is 14.8. The number of methoxy groups -OCH3 is 1. The Morgan fingerprint density at radius 2 is 2.29 bits per heavy atom. The van der Waals surface area contributed by atoms with Crippen LogP contribution in [-0.2, 0) is 11.8 Å². The van der Waals surface area contributed by atoms with Gasteiger partial charge in [-0.05, 0) is 55.7 Å². The van der Waals surface area contributed by atoms with Crippen molar-refractivity contribution in [3.63, 3.8) is 0 Å². The molecule has 4 aliphatic rings. The summed E-state index contributed by atoms with van der Waals surface area (Å²) in [5.74, 6) is 3.33. The SMILES string of the molecule is C=CCN1CC[C@@]23c4c5ccc(OC)c4OC2C(C)CCC3C1C5. The van der Waals surface area contributed by atoms with E-state index >= 15 is 0 Å². The molecule has 128 valence electrons. The molecule has 1 aromatic rings. The Kier molecular flexibility index (Phi) is 3.10. The summed E-state index contributed by atoms with van der Waals surface area (Å²) in [6.45, 7) is 8.54. The van der Waals surface area contributed by atoms with Gasteiger partial charge >= 0.3 is 0 Å². The summed E-state index contributed by atoms with van der Waals surface area (Å²) in [4.78, 5) is 2.67. The van der Waals surface area contributed by atoms with Crippen LogP contribution in [0.3, 0.4) is 0 Å². The first kappa shape index (κ1) is 14.8. The molecule has 2 aliphatic carbocycles. The normalized spacial score (nSPS) is 39.1. The van der Waals surface area contributed by atoms with Crippen molar-refractivity contribution >= 4 is 0 Å². The Morgan fingerprint density at radius 3 is 3.08 bits per heavy atom. The second-order valence-electron chi connectivity index (χ2n) is 8.18. The Morgan fingerprint density at radius 1 is 1.42 bits per heavy atom. The van der Waals surface area contributed by atoms with Crippen LogP contribution in [0.2, 0.25) is 0 Å². The highest BCUT2D eigenvalue weighted by Gasteiger charge is 2.64. The molecular weight excluding hydrogens is 298 g/mol. The van der Waals surface area contributed by atoms with E-state index in [4.69, 9.17) is 9.47 Å². The van der Waals surface area contributed by atoms with Crippen LogP contribution in [0.25, 0.3) is 0 Å². The van der Waals surface area contributed by atoms with Gasteiger partial charge in [-0.2, -0.15) is 0 Å². The highest BCUT2D eigenvalue weighted by molar-refractivity contribution is 5.61. The molecule has 0 radical (unpaired) electrons. The zero-order chi connectivity index (χ0) is 16.5. The average molecular weight is 325 g/mol. The molecule has 5 atom stereocenters. The molecule has 2 heterocycles. The molecule has 3 nitrogen and oxygen atoms in total. The van der Waals surface area contributed by atoms with Crippen molar-refractivity contribution in [1.82, 2.24) is 4.90 Å². The van der Waals surface area contributed by atoms with Gasteiger partial charge in [-0.25, -0.2) is 0 Å². The lowest BCUT2D eigenvalue weighted by molar-refractivity contribution is -0.0691. The summed E-state index contributed by atoms with van der Waals surface area (Å²) in [6, 6.07) is 5.05. The highest BCUT2D eigenvalue weighted by Crippen LogP contribution is 2.64. The maximum Gasteiger partial charge on any atom is 0.165 e. The quantitative estimate of drug-likeness (QED) is 0.793. The maximum absolute atomic E-state index is 6.64. The van der Waals surface area contributed by atoms with Crippen LogP contribution < -0.4 is 9.47 Å². The van der Waals surface area contributed by atoms with E-state index in [9.17, 15) is 0 Å². The predicted molar refractivity (Wildman–Crippen MR) is 94.9 cm³/mol. The minimum atomic E-state index is 0.220. The van der Waals surface area contributed by atoms with Gasteiger partial charge in [-0.15, -0.1) is 6.58 Å². The second-order valence-corrected chi connectivity index (χ2v) is 8.18. The molecule has 1 spiro atoms. The molecule has 1 saturated heterocycles. The van der Waals surface area contributed by atoms with Crippen LogP contribution in [0, 0.1) is 11.8 Å². The molecule has 5 rings (SSSR count). The van der Waals surface area contributed by atoms with Gasteiger partial charge in [0.15, 0.2) is 11.5 Å². The van der Waals surface area contributed by atoms with Crippen molar-refractivity contribution < 1.29 is 9.47 Å². The average Bonchev–Trinajstić information content (AvgIpc) is 2.94. The van der Waals surface area contributed by atoms with Crippen molar-refractivity contribution in [2.45, 2.75) is 50.2 Å². The number of rotatable bonds is 3. The van der Waals surface area contributed by atoms with Gasteiger partial charge in [0.25, 0.3) is 0 Å². The van der Waals surface area contributed by atoms with Gasteiger partial charge in [0, 0.05) is 23.6 Å².